The molecule has 0 amide bonds. The zero-order valence-electron chi connectivity index (χ0n) is 13.5. The summed E-state index contributed by atoms with van der Waals surface area (Å²) >= 11 is 0. The van der Waals surface area contributed by atoms with Crippen molar-refractivity contribution in [1.29, 1.82) is 0 Å². The molecule has 1 aromatic rings. The maximum absolute atomic E-state index is 12.3. The Bertz CT molecular complexity index is 576. The minimum atomic E-state index is -1.37. The minimum absolute atomic E-state index is 0.0272. The van der Waals surface area contributed by atoms with Crippen LogP contribution in [0.25, 0.3) is 0 Å². The zero-order valence-corrected chi connectivity index (χ0v) is 13.5. The Hall–Kier alpha value is -1.88. The van der Waals surface area contributed by atoms with Crippen LogP contribution in [0.5, 0.6) is 0 Å². The third-order valence-corrected chi connectivity index (χ3v) is 3.93. The minimum Gasteiger partial charge on any atom is -0.545 e. The highest BCUT2D eigenvalue weighted by atomic mass is 16.5. The molecule has 0 aliphatic carbocycles. The molecule has 1 heterocycles. The molecule has 5 heteroatoms. The highest BCUT2D eigenvalue weighted by Gasteiger charge is 2.43. The average molecular weight is 305 g/mol. The molecule has 1 aliphatic rings. The van der Waals surface area contributed by atoms with Crippen molar-refractivity contribution in [3.63, 3.8) is 0 Å². The van der Waals surface area contributed by atoms with E-state index in [9.17, 15) is 14.7 Å². The van der Waals surface area contributed by atoms with E-state index in [0.29, 0.717) is 0 Å². The summed E-state index contributed by atoms with van der Waals surface area (Å²) in [5.41, 5.74) is -0.137. The van der Waals surface area contributed by atoms with Gasteiger partial charge in [-0.15, -0.1) is 0 Å². The van der Waals surface area contributed by atoms with E-state index in [-0.39, 0.29) is 28.3 Å². The summed E-state index contributed by atoms with van der Waals surface area (Å²) in [5, 5.41) is 13.4. The molecule has 120 valence electrons. The lowest BCUT2D eigenvalue weighted by Crippen LogP contribution is -3.06. The van der Waals surface area contributed by atoms with Crippen LogP contribution in [-0.4, -0.2) is 29.1 Å². The standard InChI is InChI=1S/C17H23NO4/c1-16(2)9-11(10-17(3,4)18-16)22-15(21)13-8-6-5-7-12(13)14(19)20/h5-8,11,18H,9-10H2,1-4H3,(H,19,20). The van der Waals surface area contributed by atoms with E-state index in [2.05, 4.69) is 33.0 Å². The van der Waals surface area contributed by atoms with Crippen molar-refractivity contribution in [3.8, 4) is 0 Å². The number of aromatic carboxylic acids is 1. The van der Waals surface area contributed by atoms with Crippen LogP contribution < -0.4 is 10.4 Å². The van der Waals surface area contributed by atoms with Gasteiger partial charge in [-0.1, -0.05) is 18.2 Å². The fourth-order valence-electron chi connectivity index (χ4n) is 3.56. The van der Waals surface area contributed by atoms with E-state index in [1.807, 2.05) is 0 Å². The molecule has 2 N–H and O–H groups in total. The fraction of sp³-hybridized carbons (Fsp3) is 0.529. The first kappa shape index (κ1) is 16.5. The van der Waals surface area contributed by atoms with Crippen LogP contribution in [0.2, 0.25) is 0 Å². The molecule has 1 saturated heterocycles. The molecule has 2 rings (SSSR count). The summed E-state index contributed by atoms with van der Waals surface area (Å²) < 4.78 is 5.59. The summed E-state index contributed by atoms with van der Waals surface area (Å²) in [5.74, 6) is -1.97. The predicted molar refractivity (Wildman–Crippen MR) is 79.3 cm³/mol. The predicted octanol–water partition coefficient (Wildman–Crippen LogP) is 0.490. The van der Waals surface area contributed by atoms with E-state index < -0.39 is 11.9 Å². The van der Waals surface area contributed by atoms with Gasteiger partial charge in [0, 0.05) is 18.4 Å². The van der Waals surface area contributed by atoms with Gasteiger partial charge in [0.25, 0.3) is 0 Å². The average Bonchev–Trinajstić information content (AvgIpc) is 2.34. The first-order valence-corrected chi connectivity index (χ1v) is 7.48. The molecular weight excluding hydrogens is 282 g/mol. The number of rotatable bonds is 3. The van der Waals surface area contributed by atoms with E-state index in [4.69, 9.17) is 4.74 Å². The quantitative estimate of drug-likeness (QED) is 0.824. The summed E-state index contributed by atoms with van der Waals surface area (Å²) in [7, 11) is 0. The van der Waals surface area contributed by atoms with Gasteiger partial charge in [0.2, 0.25) is 0 Å². The lowest BCUT2D eigenvalue weighted by atomic mass is 9.81. The number of carboxylic acid groups (broad SMARTS) is 1. The summed E-state index contributed by atoms with van der Waals surface area (Å²) in [6.45, 7) is 8.46. The second-order valence-electron chi connectivity index (χ2n) is 7.39. The zero-order chi connectivity index (χ0) is 16.5. The molecule has 0 saturated carbocycles. The Morgan fingerprint density at radius 2 is 1.59 bits per heavy atom. The third-order valence-electron chi connectivity index (χ3n) is 3.93. The van der Waals surface area contributed by atoms with E-state index in [1.54, 1.807) is 12.1 Å². The van der Waals surface area contributed by atoms with Crippen LogP contribution in [0.4, 0.5) is 0 Å². The van der Waals surface area contributed by atoms with Gasteiger partial charge in [-0.3, -0.25) is 0 Å². The van der Waals surface area contributed by atoms with E-state index >= 15 is 0 Å². The highest BCUT2D eigenvalue weighted by Crippen LogP contribution is 2.25. The smallest absolute Gasteiger partial charge is 0.339 e. The van der Waals surface area contributed by atoms with Gasteiger partial charge < -0.3 is 20.0 Å². The van der Waals surface area contributed by atoms with Crippen LogP contribution in [0.3, 0.4) is 0 Å². The summed E-state index contributed by atoms with van der Waals surface area (Å²) in [6.07, 6.45) is 1.24. The van der Waals surface area contributed by atoms with Crippen LogP contribution >= 0.6 is 0 Å². The third kappa shape index (κ3) is 3.85. The number of nitrogens with two attached hydrogens (primary N) is 1. The van der Waals surface area contributed by atoms with Gasteiger partial charge in [-0.25, -0.2) is 4.79 Å². The van der Waals surface area contributed by atoms with Crippen LogP contribution in [0.15, 0.2) is 24.3 Å². The molecule has 0 radical (unpaired) electrons. The first-order valence-electron chi connectivity index (χ1n) is 7.48. The maximum Gasteiger partial charge on any atom is 0.339 e. The Labute approximate surface area is 130 Å². The van der Waals surface area contributed by atoms with Crippen molar-refractivity contribution in [3.05, 3.63) is 35.4 Å². The molecule has 1 aliphatic heterocycles. The molecule has 0 atom stereocenters. The number of hydrogen-bond acceptors (Lipinski definition) is 4. The van der Waals surface area contributed by atoms with Gasteiger partial charge in [0.15, 0.2) is 0 Å². The molecule has 0 bridgehead atoms. The molecule has 1 fully saturated rings. The normalized spacial score (nSPS) is 20.4. The second kappa shape index (κ2) is 5.72. The van der Waals surface area contributed by atoms with E-state index in [0.717, 1.165) is 12.8 Å². The van der Waals surface area contributed by atoms with Gasteiger partial charge >= 0.3 is 5.97 Å². The number of carbonyl (C=O) groups excluding carboxylic acids is 2. The van der Waals surface area contributed by atoms with Gasteiger partial charge in [-0.2, -0.15) is 0 Å². The van der Waals surface area contributed by atoms with E-state index in [1.165, 1.54) is 12.1 Å². The number of carboxylic acids is 1. The van der Waals surface area contributed by atoms with Gasteiger partial charge in [0.1, 0.15) is 6.10 Å². The molecular formula is C17H23NO4. The first-order chi connectivity index (χ1) is 10.1. The Morgan fingerprint density at radius 1 is 1.09 bits per heavy atom. The SMILES string of the molecule is CC1(C)CC(OC(=O)c2ccccc2C(=O)[O-])CC(C)(C)[NH2+]1. The number of benzene rings is 1. The number of hydrogen-bond donors (Lipinski definition) is 1. The van der Waals surface area contributed by atoms with Crippen LogP contribution in [0, 0.1) is 0 Å². The lowest BCUT2D eigenvalue weighted by molar-refractivity contribution is -0.789. The summed E-state index contributed by atoms with van der Waals surface area (Å²) in [6, 6.07) is 5.99. The topological polar surface area (TPSA) is 83.0 Å². The maximum atomic E-state index is 12.3. The van der Waals surface area contributed by atoms with Crippen molar-refractivity contribution in [2.45, 2.75) is 57.7 Å². The second-order valence-corrected chi connectivity index (χ2v) is 7.39. The highest BCUT2D eigenvalue weighted by molar-refractivity contribution is 6.01. The monoisotopic (exact) mass is 305 g/mol. The van der Waals surface area contributed by atoms with Crippen LogP contribution in [-0.2, 0) is 4.74 Å². The molecule has 5 nitrogen and oxygen atoms in total. The van der Waals surface area contributed by atoms with Crippen molar-refractivity contribution >= 4 is 11.9 Å². The number of carbonyl (C=O) groups is 2. The molecule has 0 unspecified atom stereocenters. The van der Waals surface area contributed by atoms with Crippen molar-refractivity contribution < 1.29 is 24.7 Å². The van der Waals surface area contributed by atoms with Gasteiger partial charge in [0.05, 0.1) is 22.6 Å². The molecule has 1 aromatic carbocycles. The van der Waals surface area contributed by atoms with Crippen molar-refractivity contribution in [2.75, 3.05) is 0 Å². The number of esters is 1. The fourth-order valence-corrected chi connectivity index (χ4v) is 3.56. The largest absolute Gasteiger partial charge is 0.545 e. The van der Waals surface area contributed by atoms with Crippen molar-refractivity contribution in [1.82, 2.24) is 0 Å². The number of ether oxygens (including phenoxy) is 1. The molecule has 0 aromatic heterocycles. The Morgan fingerprint density at radius 3 is 2.09 bits per heavy atom. The molecule has 0 spiro atoms. The number of piperidine rings is 1. The Kier molecular flexibility index (Phi) is 4.29. The Balaban J connectivity index is 2.17. The van der Waals surface area contributed by atoms with Crippen molar-refractivity contribution in [2.24, 2.45) is 0 Å². The van der Waals surface area contributed by atoms with Gasteiger partial charge in [-0.05, 0) is 33.8 Å². The molecule has 22 heavy (non-hydrogen) atoms. The lowest BCUT2D eigenvalue weighted by Gasteiger charge is -2.42. The number of quaternary nitrogens is 1. The van der Waals surface area contributed by atoms with Crippen LogP contribution in [0.1, 0.15) is 61.3 Å². The summed E-state index contributed by atoms with van der Waals surface area (Å²) in [4.78, 5) is 23.4.